The molecule has 4 aromatic rings. The first-order valence-electron chi connectivity index (χ1n) is 16.2. The van der Waals surface area contributed by atoms with Crippen LogP contribution in [0.3, 0.4) is 0 Å². The number of amides is 1. The number of carbonyl (C=O) groups is 2. The van der Waals surface area contributed by atoms with Gasteiger partial charge in [0.05, 0.1) is 22.3 Å². The first-order chi connectivity index (χ1) is 22.7. The summed E-state index contributed by atoms with van der Waals surface area (Å²) in [5, 5.41) is 13.6. The summed E-state index contributed by atoms with van der Waals surface area (Å²) >= 11 is 12.8. The van der Waals surface area contributed by atoms with Gasteiger partial charge in [-0.15, -0.1) is 0 Å². The quantitative estimate of drug-likeness (QED) is 0.138. The maximum absolute atomic E-state index is 13.7. The number of rotatable bonds is 13. The lowest BCUT2D eigenvalue weighted by Gasteiger charge is -2.29. The van der Waals surface area contributed by atoms with Gasteiger partial charge in [0, 0.05) is 29.2 Å². The second-order valence-corrected chi connectivity index (χ2v) is 13.0. The fraction of sp³-hybridized carbons (Fsp3) is 0.342. The van der Waals surface area contributed by atoms with E-state index >= 15 is 0 Å². The predicted molar refractivity (Wildman–Crippen MR) is 187 cm³/mol. The van der Waals surface area contributed by atoms with E-state index in [-0.39, 0.29) is 23.4 Å². The minimum Gasteiger partial charge on any atom is -0.489 e. The largest absolute Gasteiger partial charge is 0.489 e. The third-order valence-electron chi connectivity index (χ3n) is 8.94. The molecule has 0 saturated heterocycles. The summed E-state index contributed by atoms with van der Waals surface area (Å²) < 4.78 is 8.05. The molecule has 2 N–H and O–H groups in total. The molecule has 0 bridgehead atoms. The highest BCUT2D eigenvalue weighted by atomic mass is 35.5. The van der Waals surface area contributed by atoms with Crippen LogP contribution in [0.5, 0.6) is 5.75 Å². The van der Waals surface area contributed by atoms with Crippen LogP contribution in [-0.2, 0) is 24.4 Å². The molecule has 1 aromatic heterocycles. The Hall–Kier alpha value is -4.07. The van der Waals surface area contributed by atoms with Crippen LogP contribution in [0.2, 0.25) is 10.0 Å². The van der Waals surface area contributed by atoms with E-state index in [1.54, 1.807) is 36.4 Å². The summed E-state index contributed by atoms with van der Waals surface area (Å²) in [5.41, 5.74) is 3.63. The molecular formula is C38H41Cl2N3O4. The summed E-state index contributed by atoms with van der Waals surface area (Å²) in [7, 11) is 0. The number of halogens is 2. The Labute approximate surface area is 286 Å². The van der Waals surface area contributed by atoms with E-state index in [1.165, 1.54) is 0 Å². The number of aromatic carboxylic acids is 1. The number of carbonyl (C=O) groups excluding carboxylic acids is 1. The number of ether oxygens (including phenoxy) is 1. The molecule has 5 rings (SSSR count). The van der Waals surface area contributed by atoms with Gasteiger partial charge in [-0.05, 0) is 98.5 Å². The monoisotopic (exact) mass is 673 g/mol. The first-order valence-corrected chi connectivity index (χ1v) is 17.0. The second-order valence-electron chi connectivity index (χ2n) is 12.2. The first kappa shape index (κ1) is 34.3. The van der Waals surface area contributed by atoms with Crippen molar-refractivity contribution < 1.29 is 19.4 Å². The van der Waals surface area contributed by atoms with Crippen molar-refractivity contribution >= 4 is 35.1 Å². The van der Waals surface area contributed by atoms with Crippen molar-refractivity contribution in [3.05, 3.63) is 118 Å². The zero-order valence-corrected chi connectivity index (χ0v) is 28.3. The third kappa shape index (κ3) is 9.05. The highest BCUT2D eigenvalue weighted by molar-refractivity contribution is 6.36. The van der Waals surface area contributed by atoms with Crippen LogP contribution in [0.25, 0.3) is 11.3 Å². The minimum atomic E-state index is -0.958. The molecule has 3 aromatic carbocycles. The topological polar surface area (TPSA) is 93.5 Å². The van der Waals surface area contributed by atoms with E-state index in [0.29, 0.717) is 47.0 Å². The lowest BCUT2D eigenvalue weighted by Crippen LogP contribution is -2.37. The van der Waals surface area contributed by atoms with Gasteiger partial charge in [0.15, 0.2) is 0 Å². The van der Waals surface area contributed by atoms with Crippen LogP contribution in [0.15, 0.2) is 85.1 Å². The second kappa shape index (κ2) is 16.2. The number of carboxylic acid groups (broad SMARTS) is 1. The van der Waals surface area contributed by atoms with Crippen molar-refractivity contribution in [1.29, 1.82) is 0 Å². The van der Waals surface area contributed by atoms with E-state index < -0.39 is 5.97 Å². The van der Waals surface area contributed by atoms with E-state index in [9.17, 15) is 9.59 Å². The van der Waals surface area contributed by atoms with Gasteiger partial charge >= 0.3 is 5.97 Å². The molecule has 0 unspecified atom stereocenters. The molecule has 1 atom stereocenters. The fourth-order valence-electron chi connectivity index (χ4n) is 6.10. The number of allylic oxidation sites excluding steroid dienone is 2. The molecule has 246 valence electrons. The number of nitrogens with zero attached hydrogens (tertiary/aromatic N) is 2. The van der Waals surface area contributed by atoms with E-state index in [4.69, 9.17) is 38.0 Å². The lowest BCUT2D eigenvalue weighted by molar-refractivity contribution is -0.127. The third-order valence-corrected chi connectivity index (χ3v) is 9.49. The molecule has 0 aliphatic heterocycles. The smallest absolute Gasteiger partial charge is 0.335 e. The van der Waals surface area contributed by atoms with Crippen LogP contribution in [0, 0.1) is 11.8 Å². The summed E-state index contributed by atoms with van der Waals surface area (Å²) in [4.78, 5) is 29.9. The maximum Gasteiger partial charge on any atom is 0.335 e. The molecule has 0 spiro atoms. The molecule has 1 aliphatic carbocycles. The Morgan fingerprint density at radius 3 is 2.36 bits per heavy atom. The summed E-state index contributed by atoms with van der Waals surface area (Å²) in [6.45, 7) is 5.12. The van der Waals surface area contributed by atoms with Crippen LogP contribution in [0.4, 0.5) is 0 Å². The van der Waals surface area contributed by atoms with Crippen LogP contribution >= 0.6 is 23.2 Å². The van der Waals surface area contributed by atoms with Crippen molar-refractivity contribution in [2.75, 3.05) is 0 Å². The van der Waals surface area contributed by atoms with Crippen molar-refractivity contribution in [1.82, 2.24) is 14.9 Å². The number of imidazole rings is 1. The van der Waals surface area contributed by atoms with Gasteiger partial charge in [0.25, 0.3) is 0 Å². The predicted octanol–water partition coefficient (Wildman–Crippen LogP) is 9.33. The van der Waals surface area contributed by atoms with Crippen LogP contribution < -0.4 is 10.1 Å². The summed E-state index contributed by atoms with van der Waals surface area (Å²) in [6.07, 6.45) is 11.7. The Morgan fingerprint density at radius 2 is 1.72 bits per heavy atom. The SMILES string of the molecule is CC=CCn1cc(-c2ccc(Cl)cc2Cl)nc1[C@H](Cc1ccc(OCc2ccc(C(=O)O)cc2)cc1)NC(=O)C1CCC(CC)CC1. The average molecular weight is 675 g/mol. The number of carboxylic acids is 1. The number of aromatic nitrogens is 2. The zero-order valence-electron chi connectivity index (χ0n) is 26.8. The Morgan fingerprint density at radius 1 is 1.02 bits per heavy atom. The Balaban J connectivity index is 1.39. The number of benzene rings is 3. The molecule has 1 heterocycles. The molecule has 1 amide bonds. The van der Waals surface area contributed by atoms with Crippen molar-refractivity contribution in [3.8, 4) is 17.0 Å². The molecule has 1 aliphatic rings. The minimum absolute atomic E-state index is 0.00947. The summed E-state index contributed by atoms with van der Waals surface area (Å²) in [5.74, 6) is 1.25. The van der Waals surface area contributed by atoms with Gasteiger partial charge < -0.3 is 19.7 Å². The van der Waals surface area contributed by atoms with Gasteiger partial charge in [-0.1, -0.05) is 73.0 Å². The van der Waals surface area contributed by atoms with Crippen molar-refractivity contribution in [3.63, 3.8) is 0 Å². The standard InChI is InChI=1S/C38H41Cl2N3O4/c1-3-5-20-43-23-35(32-19-16-30(39)22-33(32)40)41-36(43)34(42-37(44)28-12-6-25(4-2)7-13-28)21-26-10-17-31(18-11-26)47-24-27-8-14-29(15-9-27)38(45)46/h3,5,8-11,14-19,22-23,25,28,34H,4,6-7,12-13,20-21,24H2,1-2H3,(H,42,44)(H,45,46)/t25?,28?,34-/m0/s1. The molecule has 1 saturated carbocycles. The fourth-order valence-corrected chi connectivity index (χ4v) is 6.60. The van der Waals surface area contributed by atoms with E-state index in [1.807, 2.05) is 49.5 Å². The Bertz CT molecular complexity index is 1690. The normalized spacial score (nSPS) is 17.0. The summed E-state index contributed by atoms with van der Waals surface area (Å²) in [6, 6.07) is 19.5. The lowest BCUT2D eigenvalue weighted by atomic mass is 9.80. The van der Waals surface area contributed by atoms with Crippen LogP contribution in [-0.4, -0.2) is 26.5 Å². The molecule has 47 heavy (non-hydrogen) atoms. The zero-order chi connectivity index (χ0) is 33.3. The number of hydrogen-bond acceptors (Lipinski definition) is 4. The molecule has 7 nitrogen and oxygen atoms in total. The molecule has 0 radical (unpaired) electrons. The highest BCUT2D eigenvalue weighted by Gasteiger charge is 2.29. The van der Waals surface area contributed by atoms with Gasteiger partial charge in [0.1, 0.15) is 18.2 Å². The Kier molecular flexibility index (Phi) is 11.8. The van der Waals surface area contributed by atoms with Gasteiger partial charge in [-0.3, -0.25) is 4.79 Å². The van der Waals surface area contributed by atoms with E-state index in [0.717, 1.165) is 54.6 Å². The van der Waals surface area contributed by atoms with Gasteiger partial charge in [0.2, 0.25) is 5.91 Å². The van der Waals surface area contributed by atoms with Crippen molar-refractivity contribution in [2.24, 2.45) is 11.8 Å². The van der Waals surface area contributed by atoms with Gasteiger partial charge in [-0.25, -0.2) is 9.78 Å². The average Bonchev–Trinajstić information content (AvgIpc) is 3.50. The van der Waals surface area contributed by atoms with Crippen molar-refractivity contribution in [2.45, 2.75) is 71.6 Å². The number of hydrogen-bond donors (Lipinski definition) is 2. The molecule has 1 fully saturated rings. The number of nitrogens with one attached hydrogen (secondary N) is 1. The van der Waals surface area contributed by atoms with E-state index in [2.05, 4.69) is 22.9 Å². The van der Waals surface area contributed by atoms with Crippen LogP contribution in [0.1, 0.15) is 79.3 Å². The highest BCUT2D eigenvalue weighted by Crippen LogP contribution is 2.34. The van der Waals surface area contributed by atoms with Gasteiger partial charge in [-0.2, -0.15) is 0 Å². The maximum atomic E-state index is 13.7. The molecular weight excluding hydrogens is 633 g/mol. The molecule has 9 heteroatoms.